The minimum Gasteiger partial charge on any atom is -0.459 e. The maximum absolute atomic E-state index is 14.3. The SMILES string of the molecule is [3H]SCCOC(=O)N[C@@H](C=C(C)C)[C@@H](O)C(=O)OC1C[C@@]2(O)[C@@H](OC(C)=O)[C@@H]3[C@]4(O)CO[C@@H]4C[C@H](O)[C@@]3(C)C(=O)[C@H](O)C(=C1C)C2(C)C.[Ac].[Ac]. The van der Waals surface area contributed by atoms with E-state index < -0.39 is 101 Å². The van der Waals surface area contributed by atoms with Crippen LogP contribution in [-0.2, 0) is 33.3 Å². The molecule has 0 aromatic rings. The zero-order valence-corrected chi connectivity index (χ0v) is 39.1. The van der Waals surface area contributed by atoms with Crippen molar-refractivity contribution < 1.29 is 152 Å². The van der Waals surface area contributed by atoms with Crippen molar-refractivity contribution in [2.75, 3.05) is 19.0 Å². The molecule has 11 atom stereocenters. The molecule has 3 aliphatic carbocycles. The molecule has 3 fully saturated rings. The largest absolute Gasteiger partial charge is 0.459 e. The number of hydrogen-bond acceptors (Lipinski definition) is 14. The summed E-state index contributed by atoms with van der Waals surface area (Å²) < 4.78 is 29.2. The van der Waals surface area contributed by atoms with Gasteiger partial charge in [0.1, 0.15) is 37.2 Å². The average molecular weight is 1140 g/mol. The smallest absolute Gasteiger partial charge is 0.407 e. The first kappa shape index (κ1) is 43.8. The Labute approximate surface area is 364 Å². The van der Waals surface area contributed by atoms with E-state index >= 15 is 0 Å². The van der Waals surface area contributed by atoms with E-state index in [1.54, 1.807) is 13.8 Å². The Morgan fingerprint density at radius 3 is 2.31 bits per heavy atom. The van der Waals surface area contributed by atoms with Crippen LogP contribution in [0.1, 0.15) is 61.3 Å². The molecule has 1 heterocycles. The Hall–Kier alpha value is 0.353. The van der Waals surface area contributed by atoms with Crippen molar-refractivity contribution in [3.05, 3.63) is 22.8 Å². The molecule has 1 unspecified atom stereocenters. The fourth-order valence-corrected chi connectivity index (χ4v) is 8.12. The number of rotatable bonds is 9. The topological polar surface area (TPSA) is 218 Å². The summed E-state index contributed by atoms with van der Waals surface area (Å²) >= 11 is 0.712. The minimum atomic E-state index is -2.23. The summed E-state index contributed by atoms with van der Waals surface area (Å²) in [6, 6.07) is -1.31. The van der Waals surface area contributed by atoms with Crippen LogP contribution in [0.25, 0.3) is 0 Å². The molecule has 4 aliphatic rings. The van der Waals surface area contributed by atoms with Crippen molar-refractivity contribution in [1.82, 2.24) is 5.32 Å². The van der Waals surface area contributed by atoms with Gasteiger partial charge in [-0.15, -0.1) is 0 Å². The summed E-state index contributed by atoms with van der Waals surface area (Å²) in [5, 5.41) is 61.3. The number of aliphatic hydroxyl groups excluding tert-OH is 3. The van der Waals surface area contributed by atoms with Crippen molar-refractivity contribution in [2.45, 2.75) is 115 Å². The Bertz CT molecular complexity index is 1400. The first-order valence-corrected chi connectivity index (χ1v) is 16.2. The predicted octanol–water partition coefficient (Wildman–Crippen LogP) is 0.120. The van der Waals surface area contributed by atoms with Gasteiger partial charge in [0.25, 0.3) is 0 Å². The van der Waals surface area contributed by atoms with Crippen molar-refractivity contribution in [1.29, 1.82) is 1.12 Å². The fourth-order valence-electron chi connectivity index (χ4n) is 8.04. The van der Waals surface area contributed by atoms with Crippen LogP contribution >= 0.6 is 12.5 Å². The van der Waals surface area contributed by atoms with Crippen LogP contribution in [0.15, 0.2) is 22.8 Å². The first-order valence-electron chi connectivity index (χ1n) is 16.0. The second-order valence-electron chi connectivity index (χ2n) is 14.1. The van der Waals surface area contributed by atoms with Gasteiger partial charge in [-0.1, -0.05) is 25.5 Å². The average Bonchev–Trinajstić information content (AvgIpc) is 2.98. The summed E-state index contributed by atoms with van der Waals surface area (Å²) in [6.45, 7) is 9.98. The van der Waals surface area contributed by atoms with Gasteiger partial charge in [-0.25, -0.2) is 9.59 Å². The molecule has 49 heavy (non-hydrogen) atoms. The number of carbonyl (C=O) groups is 4. The van der Waals surface area contributed by atoms with E-state index in [4.69, 9.17) is 20.1 Å². The Kier molecular flexibility index (Phi) is 15.0. The van der Waals surface area contributed by atoms with E-state index in [1.165, 1.54) is 33.8 Å². The second kappa shape index (κ2) is 16.8. The quantitative estimate of drug-likeness (QED) is 0.0538. The number of ether oxygens (including phenoxy) is 4. The standard InChI is InChI=1S/C32H47NO13S.2Ac/c1-14(2)10-17(33-28(40)43-8-9-47)22(36)27(39)46-18-12-32(42)26(45-16(4)34)24-30(7,19(35)11-20-31(24,41)13-44-20)25(38)23(37)21(15(18)3)29(32,5)6;;/h10,17-20,22-24,26,35-37,41-42,47H,8-9,11-13H2,1-7H3,(H,33,40);;/t17-,18?,19-,20+,22+,23+,24-,26-,30+,31-,32+;;/m0../s1/i/hT. The number of amides is 1. The van der Waals surface area contributed by atoms with Crippen LogP contribution in [0.5, 0.6) is 0 Å². The van der Waals surface area contributed by atoms with E-state index in [-0.39, 0.29) is 125 Å². The van der Waals surface area contributed by atoms with Gasteiger partial charge in [0.2, 0.25) is 0 Å². The summed E-state index contributed by atoms with van der Waals surface area (Å²) in [4.78, 5) is 52.9. The summed E-state index contributed by atoms with van der Waals surface area (Å²) in [5.41, 5.74) is -6.76. The number of esters is 2. The monoisotopic (exact) mass is 1140 g/mol. The van der Waals surface area contributed by atoms with E-state index in [1.807, 2.05) is 0 Å². The van der Waals surface area contributed by atoms with Crippen molar-refractivity contribution in [2.24, 2.45) is 16.7 Å². The number of thiol groups is 1. The number of allylic oxidation sites excluding steroid dienone is 1. The molecule has 1 amide bonds. The van der Waals surface area contributed by atoms with Crippen molar-refractivity contribution >= 4 is 36.3 Å². The first-order chi connectivity index (χ1) is 22.2. The number of aliphatic hydroxyl groups is 5. The molecular formula is C32H47Ac2NO13S. The van der Waals surface area contributed by atoms with Gasteiger partial charge in [0.05, 0.1) is 30.3 Å². The molecule has 17 heteroatoms. The molecular weight excluding hydrogens is 1090 g/mol. The number of nitrogens with one attached hydrogen (secondary N) is 1. The number of ketones is 1. The Morgan fingerprint density at radius 2 is 1.78 bits per heavy atom. The summed E-state index contributed by atoms with van der Waals surface area (Å²) in [7, 11) is 0. The molecule has 2 saturated carbocycles. The predicted molar refractivity (Wildman–Crippen MR) is 167 cm³/mol. The van der Waals surface area contributed by atoms with Crippen LogP contribution in [0.4, 0.5) is 4.79 Å². The van der Waals surface area contributed by atoms with Gasteiger partial charge >= 0.3 is 18.0 Å². The Morgan fingerprint density at radius 1 is 1.14 bits per heavy atom. The second-order valence-corrected chi connectivity index (χ2v) is 14.5. The zero-order valence-electron chi connectivity index (χ0n) is 29.8. The number of carbonyl (C=O) groups excluding carboxylic acids is 4. The molecule has 0 spiro atoms. The molecule has 1 saturated heterocycles. The van der Waals surface area contributed by atoms with Crippen molar-refractivity contribution in [3.8, 4) is 0 Å². The number of hydrogen-bond donors (Lipinski definition) is 7. The Balaban J connectivity index is 0.00000433. The molecule has 1 aliphatic heterocycles. The summed E-state index contributed by atoms with van der Waals surface area (Å²) in [6.07, 6.45) is -9.57. The van der Waals surface area contributed by atoms with E-state index in [2.05, 4.69) is 5.32 Å². The zero-order chi connectivity index (χ0) is 36.1. The normalized spacial score (nSPS) is 37.3. The third kappa shape index (κ3) is 7.94. The van der Waals surface area contributed by atoms with E-state index in [9.17, 15) is 44.7 Å². The van der Waals surface area contributed by atoms with E-state index in [0.717, 1.165) is 6.92 Å². The molecule has 6 N–H and O–H groups in total. The van der Waals surface area contributed by atoms with Crippen LogP contribution in [0.3, 0.4) is 0 Å². The molecule has 2 bridgehead atoms. The number of alkyl carbamates (subject to hydrolysis) is 1. The summed E-state index contributed by atoms with van der Waals surface area (Å²) in [5.74, 6) is -4.23. The maximum atomic E-state index is 14.3. The molecule has 4 rings (SSSR count). The molecule has 0 aromatic heterocycles. The minimum absolute atomic E-state index is 0. The van der Waals surface area contributed by atoms with Crippen LogP contribution in [-0.4, -0.2) is 123 Å². The van der Waals surface area contributed by atoms with Gasteiger partial charge in [0, 0.05) is 125 Å². The molecule has 0 aromatic carbocycles. The number of fused-ring (bicyclic) bond motifs is 5. The van der Waals surface area contributed by atoms with Gasteiger partial charge in [0.15, 0.2) is 11.9 Å². The van der Waals surface area contributed by atoms with Crippen LogP contribution in [0.2, 0.25) is 0 Å². The fraction of sp³-hybridized carbons (Fsp3) is 0.750. The van der Waals surface area contributed by atoms with Gasteiger partial charge in [-0.2, -0.15) is 12.5 Å². The van der Waals surface area contributed by atoms with Crippen LogP contribution in [0, 0.1) is 105 Å². The maximum Gasteiger partial charge on any atom is 0.407 e. The number of Topliss-reactive ketones (excluding diaryl/α,β-unsaturated/α-hetero) is 1. The van der Waals surface area contributed by atoms with Gasteiger partial charge in [-0.3, -0.25) is 9.59 Å². The van der Waals surface area contributed by atoms with Gasteiger partial charge in [-0.05, 0) is 38.8 Å². The van der Waals surface area contributed by atoms with E-state index in [0.29, 0.717) is 18.1 Å². The van der Waals surface area contributed by atoms with Gasteiger partial charge < -0.3 is 49.8 Å². The van der Waals surface area contributed by atoms with Crippen LogP contribution < -0.4 is 5.32 Å². The third-order valence-electron chi connectivity index (χ3n) is 10.6. The molecule has 270 valence electrons. The molecule has 14 nitrogen and oxygen atoms in total. The molecule has 2 radical (unpaired) electrons. The van der Waals surface area contributed by atoms with Crippen molar-refractivity contribution in [3.63, 3.8) is 0 Å². The third-order valence-corrected chi connectivity index (χ3v) is 10.8.